The van der Waals surface area contributed by atoms with E-state index < -0.39 is 6.10 Å². The first-order valence-corrected chi connectivity index (χ1v) is 11.5. The van der Waals surface area contributed by atoms with E-state index in [1.807, 2.05) is 44.3 Å². The summed E-state index contributed by atoms with van der Waals surface area (Å²) in [6.45, 7) is 2.69. The fourth-order valence-electron chi connectivity index (χ4n) is 4.17. The second-order valence-electron chi connectivity index (χ2n) is 7.74. The second-order valence-corrected chi connectivity index (χ2v) is 9.26. The third-order valence-electron chi connectivity index (χ3n) is 5.67. The van der Waals surface area contributed by atoms with Gasteiger partial charge < -0.3 is 19.6 Å². The molecule has 2 unspecified atom stereocenters. The van der Waals surface area contributed by atoms with Crippen LogP contribution in [-0.2, 0) is 13.0 Å². The molecule has 31 heavy (non-hydrogen) atoms. The van der Waals surface area contributed by atoms with E-state index in [0.29, 0.717) is 17.9 Å². The molecule has 0 spiro atoms. The summed E-state index contributed by atoms with van der Waals surface area (Å²) >= 11 is 8.09. The molecule has 0 saturated carbocycles. The molecule has 2 atom stereocenters. The van der Waals surface area contributed by atoms with E-state index >= 15 is 0 Å². The molecule has 1 aliphatic rings. The van der Waals surface area contributed by atoms with Gasteiger partial charge in [-0.3, -0.25) is 4.98 Å². The Labute approximate surface area is 189 Å². The summed E-state index contributed by atoms with van der Waals surface area (Å²) in [5.41, 5.74) is 4.98. The van der Waals surface area contributed by atoms with Crippen molar-refractivity contribution in [2.24, 2.45) is 0 Å². The highest BCUT2D eigenvalue weighted by Gasteiger charge is 2.32. The van der Waals surface area contributed by atoms with E-state index in [1.165, 1.54) is 0 Å². The Morgan fingerprint density at radius 1 is 1.29 bits per heavy atom. The summed E-state index contributed by atoms with van der Waals surface area (Å²) in [6, 6.07) is 9.86. The molecule has 3 aromatic heterocycles. The first-order chi connectivity index (χ1) is 15.1. The summed E-state index contributed by atoms with van der Waals surface area (Å²) in [4.78, 5) is 5.43. The van der Waals surface area contributed by atoms with E-state index in [-0.39, 0.29) is 6.10 Å². The van der Waals surface area contributed by atoms with Gasteiger partial charge in [0.25, 0.3) is 0 Å². The van der Waals surface area contributed by atoms with Crippen molar-refractivity contribution in [1.29, 1.82) is 0 Å². The van der Waals surface area contributed by atoms with Crippen molar-refractivity contribution in [1.82, 2.24) is 10.3 Å². The van der Waals surface area contributed by atoms with Gasteiger partial charge in [0.1, 0.15) is 11.5 Å². The molecule has 4 aromatic rings. The lowest BCUT2D eigenvalue weighted by molar-refractivity contribution is 0.177. The summed E-state index contributed by atoms with van der Waals surface area (Å²) in [5.74, 6) is 1.68. The zero-order valence-corrected chi connectivity index (χ0v) is 18.9. The predicted molar refractivity (Wildman–Crippen MR) is 124 cm³/mol. The number of halogens is 1. The maximum absolute atomic E-state index is 10.3. The number of fused-ring (bicyclic) bond motifs is 2. The fourth-order valence-corrected chi connectivity index (χ4v) is 5.63. The van der Waals surface area contributed by atoms with Crippen molar-refractivity contribution in [3.8, 4) is 16.9 Å². The number of nitrogens with zero attached hydrogens (tertiary/aromatic N) is 1. The highest BCUT2D eigenvalue weighted by atomic mass is 35.5. The maximum atomic E-state index is 10.3. The Morgan fingerprint density at radius 2 is 2.16 bits per heavy atom. The molecule has 0 aliphatic carbocycles. The quantitative estimate of drug-likeness (QED) is 0.371. The number of thiophene rings is 1. The van der Waals surface area contributed by atoms with Crippen LogP contribution in [0.5, 0.6) is 5.75 Å². The highest BCUT2D eigenvalue weighted by molar-refractivity contribution is 7.19. The highest BCUT2D eigenvalue weighted by Crippen LogP contribution is 2.48. The number of pyridine rings is 1. The van der Waals surface area contributed by atoms with Gasteiger partial charge in [0.2, 0.25) is 0 Å². The Kier molecular flexibility index (Phi) is 5.48. The monoisotopic (exact) mass is 454 g/mol. The molecule has 7 heteroatoms. The van der Waals surface area contributed by atoms with Crippen molar-refractivity contribution in [2.45, 2.75) is 38.5 Å². The van der Waals surface area contributed by atoms with Crippen molar-refractivity contribution >= 4 is 33.2 Å². The van der Waals surface area contributed by atoms with Gasteiger partial charge >= 0.3 is 0 Å². The number of benzene rings is 1. The first kappa shape index (κ1) is 20.5. The molecule has 0 bridgehead atoms. The summed E-state index contributed by atoms with van der Waals surface area (Å²) in [7, 11) is 1.92. The van der Waals surface area contributed by atoms with E-state index in [0.717, 1.165) is 55.4 Å². The fraction of sp³-hybridized carbons (Fsp3) is 0.292. The Bertz CT molecular complexity index is 1250. The average Bonchev–Trinajstić information content (AvgIpc) is 3.49. The van der Waals surface area contributed by atoms with Crippen molar-refractivity contribution in [3.63, 3.8) is 0 Å². The molecule has 0 fully saturated rings. The van der Waals surface area contributed by atoms with E-state index in [2.05, 4.69) is 10.3 Å². The number of rotatable bonds is 6. The molecule has 0 radical (unpaired) electrons. The standard InChI is InChI=1S/C24H23ClN2O3S/c1-3-19(28)21-11-18-24(31-21)16(4-6-27-18)17-10-15(25)8-14-9-20(30-22(14)17)23-13(12-26-2)5-7-29-23/h4-8,10-11,19-20,26,28H,3,9,12H2,1-2H3. The summed E-state index contributed by atoms with van der Waals surface area (Å²) in [6.07, 6.45) is 4.19. The molecule has 5 rings (SSSR count). The van der Waals surface area contributed by atoms with E-state index in [4.69, 9.17) is 20.8 Å². The minimum atomic E-state index is -0.484. The van der Waals surface area contributed by atoms with Gasteiger partial charge in [-0.25, -0.2) is 0 Å². The lowest BCUT2D eigenvalue weighted by atomic mass is 10.00. The number of nitrogens with one attached hydrogen (secondary N) is 1. The van der Waals surface area contributed by atoms with Gasteiger partial charge in [-0.1, -0.05) is 18.5 Å². The molecule has 5 nitrogen and oxygen atoms in total. The zero-order chi connectivity index (χ0) is 21.5. The average molecular weight is 455 g/mol. The Balaban J connectivity index is 1.59. The number of furan rings is 1. The number of hydrogen-bond donors (Lipinski definition) is 2. The third-order valence-corrected chi connectivity index (χ3v) is 7.15. The van der Waals surface area contributed by atoms with Gasteiger partial charge in [0, 0.05) is 51.3 Å². The molecule has 0 saturated heterocycles. The molecule has 1 aromatic carbocycles. The molecule has 2 N–H and O–H groups in total. The van der Waals surface area contributed by atoms with E-state index in [9.17, 15) is 5.11 Å². The van der Waals surface area contributed by atoms with Crippen molar-refractivity contribution < 1.29 is 14.3 Å². The van der Waals surface area contributed by atoms with Crippen LogP contribution in [0.25, 0.3) is 21.3 Å². The molecule has 4 heterocycles. The maximum Gasteiger partial charge on any atom is 0.160 e. The van der Waals surface area contributed by atoms with Gasteiger partial charge in [-0.05, 0) is 43.8 Å². The van der Waals surface area contributed by atoms with Crippen LogP contribution in [0.1, 0.15) is 47.3 Å². The number of ether oxygens (including phenoxy) is 1. The molecule has 160 valence electrons. The number of aliphatic hydroxyl groups is 1. The molecular weight excluding hydrogens is 432 g/mol. The van der Waals surface area contributed by atoms with Crippen molar-refractivity contribution in [2.75, 3.05) is 7.05 Å². The largest absolute Gasteiger partial charge is 0.481 e. The van der Waals surface area contributed by atoms with Crippen LogP contribution in [-0.4, -0.2) is 17.1 Å². The van der Waals surface area contributed by atoms with Crippen LogP contribution in [0.3, 0.4) is 0 Å². The van der Waals surface area contributed by atoms with Gasteiger partial charge in [0.05, 0.1) is 22.6 Å². The SMILES string of the molecule is CCC(O)c1cc2nccc(-c3cc(Cl)cc4c3OC(c3occc3CNC)C4)c2s1. The van der Waals surface area contributed by atoms with Crippen LogP contribution in [0, 0.1) is 0 Å². The van der Waals surface area contributed by atoms with Crippen LogP contribution in [0.2, 0.25) is 5.02 Å². The van der Waals surface area contributed by atoms with Gasteiger partial charge in [-0.15, -0.1) is 11.3 Å². The van der Waals surface area contributed by atoms with Gasteiger partial charge in [-0.2, -0.15) is 0 Å². The van der Waals surface area contributed by atoms with E-state index in [1.54, 1.807) is 23.8 Å². The predicted octanol–water partition coefficient (Wildman–Crippen LogP) is 6.05. The first-order valence-electron chi connectivity index (χ1n) is 10.4. The van der Waals surface area contributed by atoms with Crippen LogP contribution >= 0.6 is 22.9 Å². The Morgan fingerprint density at radius 3 is 2.97 bits per heavy atom. The zero-order valence-electron chi connectivity index (χ0n) is 17.3. The van der Waals surface area contributed by atoms with Gasteiger partial charge in [0.15, 0.2) is 6.10 Å². The smallest absolute Gasteiger partial charge is 0.160 e. The minimum Gasteiger partial charge on any atom is -0.481 e. The van der Waals surface area contributed by atoms with Crippen molar-refractivity contribution in [3.05, 3.63) is 69.6 Å². The topological polar surface area (TPSA) is 67.5 Å². The number of aromatic nitrogens is 1. The van der Waals surface area contributed by atoms with Crippen LogP contribution in [0.15, 0.2) is 47.2 Å². The lowest BCUT2D eigenvalue weighted by Crippen LogP contribution is -2.10. The number of aliphatic hydroxyl groups excluding tert-OH is 1. The Hall–Kier alpha value is -2.38. The lowest BCUT2D eigenvalue weighted by Gasteiger charge is -2.13. The van der Waals surface area contributed by atoms with Crippen LogP contribution < -0.4 is 10.1 Å². The molecule has 0 amide bonds. The second kappa shape index (κ2) is 8.28. The minimum absolute atomic E-state index is 0.191. The third kappa shape index (κ3) is 3.64. The summed E-state index contributed by atoms with van der Waals surface area (Å²) < 4.78 is 13.3. The number of hydrogen-bond acceptors (Lipinski definition) is 6. The van der Waals surface area contributed by atoms with Crippen LogP contribution in [0.4, 0.5) is 0 Å². The molecule has 1 aliphatic heterocycles. The normalized spacial score (nSPS) is 16.5. The summed E-state index contributed by atoms with van der Waals surface area (Å²) in [5, 5.41) is 14.2. The molecular formula is C24H23ClN2O3S.